The summed E-state index contributed by atoms with van der Waals surface area (Å²) < 4.78 is 12.3. The second-order valence-corrected chi connectivity index (χ2v) is 8.37. The number of hydrogen-bond donors (Lipinski definition) is 0. The smallest absolute Gasteiger partial charge is 0.230 e. The van der Waals surface area contributed by atoms with Gasteiger partial charge in [-0.05, 0) is 48.9 Å². The van der Waals surface area contributed by atoms with E-state index in [9.17, 15) is 4.79 Å². The molecule has 0 N–H and O–H groups in total. The normalized spacial score (nSPS) is 25.6. The molecule has 4 nitrogen and oxygen atoms in total. The Balaban J connectivity index is 1.18. The molecule has 4 heteroatoms. The monoisotopic (exact) mass is 377 g/mol. The van der Waals surface area contributed by atoms with Gasteiger partial charge in [-0.2, -0.15) is 0 Å². The number of nitrogens with zero attached hydrogens (tertiary/aromatic N) is 1. The van der Waals surface area contributed by atoms with E-state index in [1.807, 2.05) is 30.3 Å². The fraction of sp³-hybridized carbons (Fsp3) is 0.458. The molecule has 2 atom stereocenters. The van der Waals surface area contributed by atoms with Crippen molar-refractivity contribution in [3.63, 3.8) is 0 Å². The summed E-state index contributed by atoms with van der Waals surface area (Å²) >= 11 is 0. The van der Waals surface area contributed by atoms with Gasteiger partial charge in [0.2, 0.25) is 5.91 Å². The van der Waals surface area contributed by atoms with Crippen LogP contribution in [0.15, 0.2) is 54.6 Å². The van der Waals surface area contributed by atoms with Crippen LogP contribution in [0.5, 0.6) is 5.75 Å². The van der Waals surface area contributed by atoms with Crippen LogP contribution >= 0.6 is 0 Å². The number of ether oxygens (including phenoxy) is 2. The molecule has 2 saturated heterocycles. The Morgan fingerprint density at radius 1 is 1.04 bits per heavy atom. The standard InChI is InChI=1S/C24H27NO3/c26-23(22-11-10-18-6-4-5-9-21(18)22)25-14-12-24(13-15-25)16-20(17-27-24)28-19-7-2-1-3-8-19/h1-9,20,22H,10-17H2. The Kier molecular flexibility index (Phi) is 4.59. The van der Waals surface area contributed by atoms with E-state index in [1.165, 1.54) is 11.1 Å². The zero-order chi connectivity index (χ0) is 19.0. The van der Waals surface area contributed by atoms with Gasteiger partial charge in [0.1, 0.15) is 11.9 Å². The topological polar surface area (TPSA) is 38.8 Å². The van der Waals surface area contributed by atoms with E-state index >= 15 is 0 Å². The average molecular weight is 377 g/mol. The first-order valence-electron chi connectivity index (χ1n) is 10.4. The summed E-state index contributed by atoms with van der Waals surface area (Å²) in [5, 5.41) is 0. The molecule has 2 fully saturated rings. The third-order valence-corrected chi connectivity index (χ3v) is 6.64. The third kappa shape index (κ3) is 3.30. The van der Waals surface area contributed by atoms with Gasteiger partial charge >= 0.3 is 0 Å². The lowest BCUT2D eigenvalue weighted by atomic mass is 9.87. The summed E-state index contributed by atoms with van der Waals surface area (Å²) in [6.45, 7) is 2.21. The summed E-state index contributed by atoms with van der Waals surface area (Å²) in [5.74, 6) is 1.25. The van der Waals surface area contributed by atoms with Gasteiger partial charge in [0, 0.05) is 19.5 Å². The summed E-state index contributed by atoms with van der Waals surface area (Å²) in [5.41, 5.74) is 2.46. The Morgan fingerprint density at radius 3 is 2.61 bits per heavy atom. The van der Waals surface area contributed by atoms with Gasteiger partial charge in [-0.25, -0.2) is 0 Å². The quantitative estimate of drug-likeness (QED) is 0.813. The van der Waals surface area contributed by atoms with E-state index in [1.54, 1.807) is 0 Å². The van der Waals surface area contributed by atoms with Gasteiger partial charge in [0.25, 0.3) is 0 Å². The minimum atomic E-state index is -0.121. The van der Waals surface area contributed by atoms with Gasteiger partial charge in [-0.15, -0.1) is 0 Å². The number of hydrogen-bond acceptors (Lipinski definition) is 3. The first-order valence-corrected chi connectivity index (χ1v) is 10.4. The Hall–Kier alpha value is -2.33. The number of benzene rings is 2. The van der Waals surface area contributed by atoms with Crippen LogP contribution < -0.4 is 4.74 Å². The molecule has 2 aromatic rings. The molecular formula is C24H27NO3. The molecule has 5 rings (SSSR count). The molecular weight excluding hydrogens is 350 g/mol. The van der Waals surface area contributed by atoms with Crippen LogP contribution in [0.2, 0.25) is 0 Å². The summed E-state index contributed by atoms with van der Waals surface area (Å²) in [6, 6.07) is 18.4. The number of para-hydroxylation sites is 1. The molecule has 0 aromatic heterocycles. The fourth-order valence-electron chi connectivity index (χ4n) is 5.09. The molecule has 1 amide bonds. The van der Waals surface area contributed by atoms with Crippen molar-refractivity contribution in [2.45, 2.75) is 49.7 Å². The van der Waals surface area contributed by atoms with Crippen molar-refractivity contribution in [2.75, 3.05) is 19.7 Å². The van der Waals surface area contributed by atoms with Crippen molar-refractivity contribution in [3.8, 4) is 5.75 Å². The lowest BCUT2D eigenvalue weighted by molar-refractivity contribution is -0.137. The maximum Gasteiger partial charge on any atom is 0.230 e. The van der Waals surface area contributed by atoms with E-state index < -0.39 is 0 Å². The summed E-state index contributed by atoms with van der Waals surface area (Å²) in [6.07, 6.45) is 4.79. The number of piperidine rings is 1. The van der Waals surface area contributed by atoms with Gasteiger partial charge in [-0.1, -0.05) is 42.5 Å². The van der Waals surface area contributed by atoms with Crippen molar-refractivity contribution in [1.29, 1.82) is 0 Å². The maximum atomic E-state index is 13.1. The Bertz CT molecular complexity index is 842. The number of amides is 1. The minimum Gasteiger partial charge on any atom is -0.488 e. The third-order valence-electron chi connectivity index (χ3n) is 6.64. The minimum absolute atomic E-state index is 0.0453. The molecule has 1 aliphatic carbocycles. The van der Waals surface area contributed by atoms with Gasteiger partial charge < -0.3 is 14.4 Å². The second-order valence-electron chi connectivity index (χ2n) is 8.37. The first-order chi connectivity index (χ1) is 13.7. The lowest BCUT2D eigenvalue weighted by Crippen LogP contribution is -2.47. The summed E-state index contributed by atoms with van der Waals surface area (Å²) in [4.78, 5) is 15.2. The molecule has 0 saturated carbocycles. The zero-order valence-electron chi connectivity index (χ0n) is 16.2. The predicted octanol–water partition coefficient (Wildman–Crippen LogP) is 3.95. The van der Waals surface area contributed by atoms with Crippen molar-refractivity contribution >= 4 is 5.91 Å². The number of fused-ring (bicyclic) bond motifs is 1. The van der Waals surface area contributed by atoms with Crippen molar-refractivity contribution in [2.24, 2.45) is 0 Å². The average Bonchev–Trinajstić information content (AvgIpc) is 3.33. The van der Waals surface area contributed by atoms with E-state index in [4.69, 9.17) is 9.47 Å². The van der Waals surface area contributed by atoms with Crippen LogP contribution in [-0.2, 0) is 16.0 Å². The molecule has 0 radical (unpaired) electrons. The molecule has 2 unspecified atom stereocenters. The molecule has 28 heavy (non-hydrogen) atoms. The Labute approximate surface area is 166 Å². The highest BCUT2D eigenvalue weighted by Gasteiger charge is 2.45. The molecule has 146 valence electrons. The predicted molar refractivity (Wildman–Crippen MR) is 107 cm³/mol. The molecule has 2 heterocycles. The number of carbonyl (C=O) groups excluding carboxylic acids is 1. The Morgan fingerprint density at radius 2 is 1.79 bits per heavy atom. The van der Waals surface area contributed by atoms with Crippen LogP contribution in [0, 0.1) is 0 Å². The van der Waals surface area contributed by atoms with Crippen LogP contribution in [0.3, 0.4) is 0 Å². The lowest BCUT2D eigenvalue weighted by Gasteiger charge is -2.39. The van der Waals surface area contributed by atoms with Gasteiger partial charge in [-0.3, -0.25) is 4.79 Å². The van der Waals surface area contributed by atoms with Gasteiger partial charge in [0.05, 0.1) is 18.1 Å². The molecule has 2 aromatic carbocycles. The van der Waals surface area contributed by atoms with E-state index in [-0.39, 0.29) is 17.6 Å². The van der Waals surface area contributed by atoms with Crippen LogP contribution in [0.25, 0.3) is 0 Å². The summed E-state index contributed by atoms with van der Waals surface area (Å²) in [7, 11) is 0. The fourth-order valence-corrected chi connectivity index (χ4v) is 5.09. The van der Waals surface area contributed by atoms with Crippen LogP contribution in [-0.4, -0.2) is 42.2 Å². The second kappa shape index (κ2) is 7.25. The SMILES string of the molecule is O=C(C1CCc2ccccc21)N1CCC2(CC1)CC(Oc1ccccc1)CO2. The maximum absolute atomic E-state index is 13.1. The number of rotatable bonds is 3. The highest BCUT2D eigenvalue weighted by molar-refractivity contribution is 5.85. The van der Waals surface area contributed by atoms with Crippen molar-refractivity contribution < 1.29 is 14.3 Å². The van der Waals surface area contributed by atoms with Crippen LogP contribution in [0.1, 0.15) is 42.7 Å². The molecule has 3 aliphatic rings. The van der Waals surface area contributed by atoms with E-state index in [0.29, 0.717) is 12.5 Å². The first kappa shape index (κ1) is 17.7. The van der Waals surface area contributed by atoms with Crippen molar-refractivity contribution in [3.05, 3.63) is 65.7 Å². The van der Waals surface area contributed by atoms with Crippen LogP contribution in [0.4, 0.5) is 0 Å². The largest absolute Gasteiger partial charge is 0.488 e. The molecule has 0 bridgehead atoms. The van der Waals surface area contributed by atoms with Crippen molar-refractivity contribution in [1.82, 2.24) is 4.90 Å². The van der Waals surface area contributed by atoms with E-state index in [0.717, 1.165) is 50.9 Å². The highest BCUT2D eigenvalue weighted by atomic mass is 16.6. The number of aryl methyl sites for hydroxylation is 1. The molecule has 2 aliphatic heterocycles. The molecule has 1 spiro atoms. The highest BCUT2D eigenvalue weighted by Crippen LogP contribution is 2.39. The number of likely N-dealkylation sites (tertiary alicyclic amines) is 1. The van der Waals surface area contributed by atoms with E-state index in [2.05, 4.69) is 29.2 Å². The number of carbonyl (C=O) groups is 1. The zero-order valence-corrected chi connectivity index (χ0v) is 16.2. The van der Waals surface area contributed by atoms with Gasteiger partial charge in [0.15, 0.2) is 0 Å².